The first-order valence-electron chi connectivity index (χ1n) is 16.2. The number of carbonyl (C=O) groups excluding carboxylic acids is 4. The molecule has 3 heterocycles. The van der Waals surface area contributed by atoms with Crippen molar-refractivity contribution in [3.63, 3.8) is 0 Å². The molecular weight excluding hydrogens is 603 g/mol. The van der Waals surface area contributed by atoms with E-state index in [1.54, 1.807) is 60.5 Å². The van der Waals surface area contributed by atoms with Crippen LogP contribution in [0.2, 0.25) is 0 Å². The molecule has 0 bridgehead atoms. The number of methoxy groups -OCH3 is 1. The summed E-state index contributed by atoms with van der Waals surface area (Å²) < 4.78 is 26.3. The number of fused-ring (bicyclic) bond motifs is 1. The van der Waals surface area contributed by atoms with E-state index in [0.29, 0.717) is 41.2 Å². The minimum Gasteiger partial charge on any atom is -0.496 e. The highest BCUT2D eigenvalue weighted by atomic mass is 19.1. The van der Waals surface area contributed by atoms with Gasteiger partial charge in [-0.05, 0) is 83.6 Å². The molecule has 10 nitrogen and oxygen atoms in total. The highest BCUT2D eigenvalue weighted by Crippen LogP contribution is 2.32. The number of amides is 3. The van der Waals surface area contributed by atoms with E-state index in [1.807, 2.05) is 26.0 Å². The number of nitrogens with zero attached hydrogens (tertiary/aromatic N) is 4. The fourth-order valence-electron chi connectivity index (χ4n) is 6.62. The fourth-order valence-corrected chi connectivity index (χ4v) is 6.62. The Morgan fingerprint density at radius 1 is 0.915 bits per heavy atom. The van der Waals surface area contributed by atoms with Crippen molar-refractivity contribution in [2.45, 2.75) is 71.6 Å². The molecule has 47 heavy (non-hydrogen) atoms. The number of halogens is 1. The minimum atomic E-state index is -0.675. The molecule has 0 radical (unpaired) electrons. The zero-order valence-electron chi connectivity index (χ0n) is 28.3. The van der Waals surface area contributed by atoms with Crippen molar-refractivity contribution < 1.29 is 33.0 Å². The zero-order chi connectivity index (χ0) is 34.2. The summed E-state index contributed by atoms with van der Waals surface area (Å²) in [6, 6.07) is 9.19. The van der Waals surface area contributed by atoms with E-state index < -0.39 is 29.4 Å². The van der Waals surface area contributed by atoms with Gasteiger partial charge in [-0.2, -0.15) is 0 Å². The average molecular weight is 649 g/mol. The summed E-state index contributed by atoms with van der Waals surface area (Å²) in [7, 11) is 3.28. The number of Topliss-reactive ketones (excluding diaryl/α,β-unsaturated/α-hetero) is 1. The first kappa shape index (κ1) is 33.9. The number of benzene rings is 2. The lowest BCUT2D eigenvalue weighted by Crippen LogP contribution is -2.61. The van der Waals surface area contributed by atoms with Gasteiger partial charge in [-0.1, -0.05) is 12.1 Å². The first-order chi connectivity index (χ1) is 22.2. The van der Waals surface area contributed by atoms with Crippen LogP contribution in [0.1, 0.15) is 73.7 Å². The number of aryl methyl sites for hydroxylation is 1. The molecule has 2 aromatic carbocycles. The van der Waals surface area contributed by atoms with E-state index >= 15 is 0 Å². The highest BCUT2D eigenvalue weighted by Gasteiger charge is 2.39. The number of piperazine rings is 1. The summed E-state index contributed by atoms with van der Waals surface area (Å²) in [4.78, 5) is 59.0. The van der Waals surface area contributed by atoms with Gasteiger partial charge in [0.1, 0.15) is 17.2 Å². The van der Waals surface area contributed by atoms with Gasteiger partial charge in [0.2, 0.25) is 0 Å². The zero-order valence-corrected chi connectivity index (χ0v) is 28.3. The van der Waals surface area contributed by atoms with E-state index in [4.69, 9.17) is 9.47 Å². The molecule has 11 heteroatoms. The molecule has 0 saturated carbocycles. The molecule has 1 unspecified atom stereocenters. The summed E-state index contributed by atoms with van der Waals surface area (Å²) in [5.74, 6) is -1.01. The number of likely N-dealkylation sites (tertiary alicyclic amines) is 1. The van der Waals surface area contributed by atoms with E-state index in [1.165, 1.54) is 24.1 Å². The second kappa shape index (κ2) is 13.4. The summed E-state index contributed by atoms with van der Waals surface area (Å²) >= 11 is 0. The van der Waals surface area contributed by atoms with Crippen molar-refractivity contribution >= 4 is 34.6 Å². The normalized spacial score (nSPS) is 19.2. The van der Waals surface area contributed by atoms with Crippen LogP contribution in [0, 0.1) is 11.7 Å². The third-order valence-corrected chi connectivity index (χ3v) is 9.19. The van der Waals surface area contributed by atoms with Gasteiger partial charge < -0.3 is 28.7 Å². The lowest BCUT2D eigenvalue weighted by molar-refractivity contribution is -0.132. The fraction of sp³-hybridized carbons (Fsp3) is 0.500. The van der Waals surface area contributed by atoms with Gasteiger partial charge in [-0.15, -0.1) is 0 Å². The maximum Gasteiger partial charge on any atom is 0.410 e. The smallest absolute Gasteiger partial charge is 0.410 e. The van der Waals surface area contributed by atoms with Crippen LogP contribution in [-0.2, 0) is 23.0 Å². The lowest BCUT2D eigenvalue weighted by atomic mass is 9.90. The van der Waals surface area contributed by atoms with Crippen LogP contribution in [0.5, 0.6) is 5.75 Å². The molecule has 3 amide bonds. The van der Waals surface area contributed by atoms with Gasteiger partial charge in [0.25, 0.3) is 17.6 Å². The largest absolute Gasteiger partial charge is 0.496 e. The molecular formula is C36H45FN4O6. The number of aromatic nitrogens is 1. The first-order valence-corrected chi connectivity index (χ1v) is 16.2. The summed E-state index contributed by atoms with van der Waals surface area (Å²) in [5, 5.41) is 0.495. The molecule has 0 N–H and O–H groups in total. The van der Waals surface area contributed by atoms with E-state index in [2.05, 4.69) is 0 Å². The van der Waals surface area contributed by atoms with Crippen LogP contribution in [0.3, 0.4) is 0 Å². The average Bonchev–Trinajstić information content (AvgIpc) is 3.35. The Labute approximate surface area is 275 Å². The van der Waals surface area contributed by atoms with Gasteiger partial charge in [0.05, 0.1) is 23.8 Å². The summed E-state index contributed by atoms with van der Waals surface area (Å²) in [6.07, 6.45) is 3.62. The Hall–Kier alpha value is -4.41. The van der Waals surface area contributed by atoms with Crippen molar-refractivity contribution in [1.29, 1.82) is 0 Å². The Kier molecular flexibility index (Phi) is 9.65. The molecule has 2 saturated heterocycles. The quantitative estimate of drug-likeness (QED) is 0.260. The van der Waals surface area contributed by atoms with Crippen molar-refractivity contribution in [1.82, 2.24) is 19.3 Å². The summed E-state index contributed by atoms with van der Waals surface area (Å²) in [6.45, 7) is 10.6. The highest BCUT2D eigenvalue weighted by molar-refractivity contribution is 6.45. The van der Waals surface area contributed by atoms with Crippen molar-refractivity contribution in [3.05, 3.63) is 65.1 Å². The number of hydrogen-bond donors (Lipinski definition) is 0. The summed E-state index contributed by atoms with van der Waals surface area (Å²) in [5.41, 5.74) is 1.62. The van der Waals surface area contributed by atoms with Gasteiger partial charge in [0, 0.05) is 63.0 Å². The van der Waals surface area contributed by atoms with Gasteiger partial charge in [-0.25, -0.2) is 9.18 Å². The molecule has 2 atom stereocenters. The van der Waals surface area contributed by atoms with E-state index in [-0.39, 0.29) is 36.4 Å². The predicted molar refractivity (Wildman–Crippen MR) is 176 cm³/mol. The number of piperidine rings is 1. The maximum absolute atomic E-state index is 13.8. The molecule has 2 aliphatic heterocycles. The molecule has 1 aromatic heterocycles. The third-order valence-electron chi connectivity index (χ3n) is 9.19. The molecule has 2 aliphatic rings. The van der Waals surface area contributed by atoms with E-state index in [0.717, 1.165) is 24.8 Å². The number of hydrogen-bond acceptors (Lipinski definition) is 6. The van der Waals surface area contributed by atoms with Crippen LogP contribution >= 0.6 is 0 Å². The van der Waals surface area contributed by atoms with Crippen molar-refractivity contribution in [2.75, 3.05) is 33.3 Å². The molecule has 252 valence electrons. The molecule has 0 aliphatic carbocycles. The number of ether oxygens (including phenoxy) is 2. The van der Waals surface area contributed by atoms with Crippen LogP contribution in [0.25, 0.3) is 10.9 Å². The maximum atomic E-state index is 13.8. The predicted octanol–water partition coefficient (Wildman–Crippen LogP) is 5.46. The minimum absolute atomic E-state index is 0.185. The number of ketones is 1. The molecule has 2 fully saturated rings. The SMILES string of the molecule is COc1cc2c(cc1C(=O)N1CCC(Cc3ccc(F)cc3)CC1)c(C(=O)C(=O)N1CC(C)N(C(=O)OC(C)(C)C)C[C@@H]1C)cn2C. The topological polar surface area (TPSA) is 101 Å². The molecule has 0 spiro atoms. The van der Waals surface area contributed by atoms with Gasteiger partial charge in [-0.3, -0.25) is 14.4 Å². The van der Waals surface area contributed by atoms with Crippen LogP contribution in [-0.4, -0.2) is 93.9 Å². The monoisotopic (exact) mass is 648 g/mol. The second-order valence-electron chi connectivity index (χ2n) is 13.9. The second-order valence-corrected chi connectivity index (χ2v) is 13.9. The number of rotatable bonds is 6. The lowest BCUT2D eigenvalue weighted by Gasteiger charge is -2.43. The van der Waals surface area contributed by atoms with E-state index in [9.17, 15) is 23.6 Å². The van der Waals surface area contributed by atoms with Crippen LogP contribution in [0.4, 0.5) is 9.18 Å². The Morgan fingerprint density at radius 2 is 1.53 bits per heavy atom. The van der Waals surface area contributed by atoms with Crippen molar-refractivity contribution in [2.24, 2.45) is 13.0 Å². The van der Waals surface area contributed by atoms with Gasteiger partial charge >= 0.3 is 6.09 Å². The Balaban J connectivity index is 1.33. The number of carbonyl (C=O) groups is 4. The Morgan fingerprint density at radius 3 is 2.15 bits per heavy atom. The molecule has 5 rings (SSSR count). The third kappa shape index (κ3) is 7.29. The van der Waals surface area contributed by atoms with Gasteiger partial charge in [0.15, 0.2) is 0 Å². The molecule has 3 aromatic rings. The van der Waals surface area contributed by atoms with Crippen LogP contribution in [0.15, 0.2) is 42.6 Å². The Bertz CT molecular complexity index is 1670. The van der Waals surface area contributed by atoms with Crippen LogP contribution < -0.4 is 4.74 Å². The standard InChI is InChI=1S/C36H45FN4O6/c1-22-20-41(35(45)47-36(3,4)5)23(2)19-40(22)34(44)32(42)29-21-38(6)30-18-31(46-7)28(17-27(29)30)33(43)39-14-12-25(13-15-39)16-24-8-10-26(37)11-9-24/h8-11,17-18,21-23,25H,12-16,19-20H2,1-7H3/t22-,23?/m0/s1. The van der Waals surface area contributed by atoms with Crippen molar-refractivity contribution in [3.8, 4) is 5.75 Å².